The van der Waals surface area contributed by atoms with Gasteiger partial charge in [0.05, 0.1) is 5.56 Å². The minimum absolute atomic E-state index is 0.489. The molecule has 2 nitrogen and oxygen atoms in total. The maximum atomic E-state index is 12.5. The van der Waals surface area contributed by atoms with Crippen LogP contribution in [-0.4, -0.2) is 16.8 Å². The van der Waals surface area contributed by atoms with E-state index in [1.807, 2.05) is 0 Å². The number of hydrogen-bond donors (Lipinski definition) is 1. The van der Waals surface area contributed by atoms with Crippen molar-refractivity contribution in [2.45, 2.75) is 17.5 Å². The van der Waals surface area contributed by atoms with E-state index < -0.39 is 17.7 Å². The van der Waals surface area contributed by atoms with E-state index in [2.05, 4.69) is 0 Å². The molecule has 0 aliphatic carbocycles. The van der Waals surface area contributed by atoms with E-state index >= 15 is 0 Å². The van der Waals surface area contributed by atoms with Crippen LogP contribution in [0.5, 0.6) is 0 Å². The van der Waals surface area contributed by atoms with Crippen molar-refractivity contribution in [1.29, 1.82) is 0 Å². The van der Waals surface area contributed by atoms with Crippen molar-refractivity contribution in [2.24, 2.45) is 0 Å². The molecular formula is C12H9F3O2S. The quantitative estimate of drug-likeness (QED) is 0.794. The normalized spacial score (nSPS) is 17.6. The molecule has 2 rings (SSSR count). The molecule has 0 saturated heterocycles. The third-order valence-electron chi connectivity index (χ3n) is 2.58. The van der Waals surface area contributed by atoms with Crippen LogP contribution >= 0.6 is 11.8 Å². The van der Waals surface area contributed by atoms with Gasteiger partial charge in [-0.25, -0.2) is 4.79 Å². The van der Waals surface area contributed by atoms with Gasteiger partial charge in [-0.05, 0) is 29.7 Å². The Balaban J connectivity index is 2.46. The number of carboxylic acids is 1. The fourth-order valence-corrected chi connectivity index (χ4v) is 2.89. The lowest BCUT2D eigenvalue weighted by Crippen LogP contribution is -2.07. The minimum Gasteiger partial charge on any atom is -0.478 e. The van der Waals surface area contributed by atoms with E-state index in [1.165, 1.54) is 17.8 Å². The van der Waals surface area contributed by atoms with Crippen molar-refractivity contribution >= 4 is 23.3 Å². The molecule has 1 aliphatic rings. The van der Waals surface area contributed by atoms with Gasteiger partial charge < -0.3 is 5.11 Å². The van der Waals surface area contributed by atoms with Gasteiger partial charge in [-0.1, -0.05) is 6.07 Å². The molecule has 1 aromatic carbocycles. The summed E-state index contributed by atoms with van der Waals surface area (Å²) in [4.78, 5) is 11.1. The summed E-state index contributed by atoms with van der Waals surface area (Å²) >= 11 is 1.32. The van der Waals surface area contributed by atoms with Crippen molar-refractivity contribution in [3.8, 4) is 0 Å². The van der Waals surface area contributed by atoms with Gasteiger partial charge in [0.2, 0.25) is 0 Å². The second-order valence-corrected chi connectivity index (χ2v) is 4.95. The summed E-state index contributed by atoms with van der Waals surface area (Å²) in [6.45, 7) is 0. The number of aliphatic carboxylic acids is 1. The van der Waals surface area contributed by atoms with Crippen LogP contribution in [-0.2, 0) is 11.0 Å². The minimum atomic E-state index is -4.37. The van der Waals surface area contributed by atoms with Gasteiger partial charge in [0.25, 0.3) is 0 Å². The molecule has 0 saturated carbocycles. The summed E-state index contributed by atoms with van der Waals surface area (Å²) in [6.07, 6.45) is -2.76. The highest BCUT2D eigenvalue weighted by Gasteiger charge is 2.31. The number of thioether (sulfide) groups is 1. The molecule has 0 atom stereocenters. The number of carboxylic acid groups (broad SMARTS) is 1. The smallest absolute Gasteiger partial charge is 0.416 e. The molecule has 0 spiro atoms. The first-order chi connectivity index (χ1) is 8.38. The third-order valence-corrected chi connectivity index (χ3v) is 3.64. The molecule has 96 valence electrons. The molecule has 0 radical (unpaired) electrons. The predicted octanol–water partition coefficient (Wildman–Crippen LogP) is 3.67. The second kappa shape index (κ2) is 4.68. The summed E-state index contributed by atoms with van der Waals surface area (Å²) in [5.41, 5.74) is 0.456. The molecule has 0 fully saturated rings. The Hall–Kier alpha value is -1.43. The van der Waals surface area contributed by atoms with Crippen molar-refractivity contribution in [1.82, 2.24) is 0 Å². The van der Waals surface area contributed by atoms with E-state index in [9.17, 15) is 18.0 Å². The second-order valence-electron chi connectivity index (χ2n) is 3.81. The monoisotopic (exact) mass is 274 g/mol. The Morgan fingerprint density at radius 1 is 1.39 bits per heavy atom. The highest BCUT2D eigenvalue weighted by molar-refractivity contribution is 7.99. The zero-order valence-corrected chi connectivity index (χ0v) is 9.94. The number of benzene rings is 1. The summed E-state index contributed by atoms with van der Waals surface area (Å²) in [5, 5.41) is 8.71. The lowest BCUT2D eigenvalue weighted by Gasteiger charge is -2.19. The zero-order valence-electron chi connectivity index (χ0n) is 9.12. The fourth-order valence-electron chi connectivity index (χ4n) is 1.79. The number of hydrogen-bond acceptors (Lipinski definition) is 2. The van der Waals surface area contributed by atoms with E-state index in [0.717, 1.165) is 18.2 Å². The van der Waals surface area contributed by atoms with E-state index in [0.29, 0.717) is 28.2 Å². The Morgan fingerprint density at radius 3 is 2.72 bits per heavy atom. The largest absolute Gasteiger partial charge is 0.478 e. The molecule has 6 heteroatoms. The topological polar surface area (TPSA) is 37.3 Å². The number of allylic oxidation sites excluding steroid dienone is 1. The van der Waals surface area contributed by atoms with E-state index in [-0.39, 0.29) is 0 Å². The molecular weight excluding hydrogens is 265 g/mol. The lowest BCUT2D eigenvalue weighted by atomic mass is 10.0. The highest BCUT2D eigenvalue weighted by atomic mass is 32.2. The summed E-state index contributed by atoms with van der Waals surface area (Å²) in [5.74, 6) is -0.490. The first kappa shape index (κ1) is 13.0. The number of rotatable bonds is 1. The number of halogens is 3. The van der Waals surface area contributed by atoms with Crippen LogP contribution in [0.2, 0.25) is 0 Å². The lowest BCUT2D eigenvalue weighted by molar-refractivity contribution is -0.137. The summed E-state index contributed by atoms with van der Waals surface area (Å²) in [6, 6.07) is 3.41. The summed E-state index contributed by atoms with van der Waals surface area (Å²) < 4.78 is 37.6. The molecule has 1 N–H and O–H groups in total. The molecule has 0 aromatic heterocycles. The van der Waals surface area contributed by atoms with Gasteiger partial charge in [0, 0.05) is 16.7 Å². The van der Waals surface area contributed by atoms with Crippen molar-refractivity contribution in [3.63, 3.8) is 0 Å². The van der Waals surface area contributed by atoms with Gasteiger partial charge >= 0.3 is 12.1 Å². The Labute approximate surface area is 106 Å². The van der Waals surface area contributed by atoms with Gasteiger partial charge in [0.1, 0.15) is 0 Å². The van der Waals surface area contributed by atoms with Crippen LogP contribution < -0.4 is 0 Å². The average molecular weight is 274 g/mol. The Kier molecular flexibility index (Phi) is 3.38. The van der Waals surface area contributed by atoms with Crippen molar-refractivity contribution < 1.29 is 23.1 Å². The van der Waals surface area contributed by atoms with Crippen LogP contribution in [0.15, 0.2) is 29.2 Å². The van der Waals surface area contributed by atoms with Crippen molar-refractivity contribution in [2.75, 3.05) is 5.75 Å². The first-order valence-corrected chi connectivity index (χ1v) is 6.14. The van der Waals surface area contributed by atoms with Crippen LogP contribution in [0, 0.1) is 0 Å². The van der Waals surface area contributed by atoms with E-state index in [4.69, 9.17) is 5.11 Å². The van der Waals surface area contributed by atoms with Crippen molar-refractivity contribution in [3.05, 3.63) is 35.4 Å². The molecule has 0 unspecified atom stereocenters. The molecule has 1 aliphatic heterocycles. The molecule has 0 amide bonds. The molecule has 18 heavy (non-hydrogen) atoms. The SMILES string of the molecule is O=C(O)/C=C1\CCSc2cc(C(F)(F)F)ccc21. The predicted molar refractivity (Wildman–Crippen MR) is 62.4 cm³/mol. The average Bonchev–Trinajstić information content (AvgIpc) is 2.27. The fraction of sp³-hybridized carbons (Fsp3) is 0.250. The molecule has 0 bridgehead atoms. The van der Waals surface area contributed by atoms with Crippen LogP contribution in [0.3, 0.4) is 0 Å². The molecule has 1 aromatic rings. The van der Waals surface area contributed by atoms with Crippen LogP contribution in [0.4, 0.5) is 13.2 Å². The van der Waals surface area contributed by atoms with Gasteiger partial charge in [0.15, 0.2) is 0 Å². The molecule has 1 heterocycles. The van der Waals surface area contributed by atoms with Crippen LogP contribution in [0.25, 0.3) is 5.57 Å². The number of fused-ring (bicyclic) bond motifs is 1. The highest BCUT2D eigenvalue weighted by Crippen LogP contribution is 2.40. The first-order valence-electron chi connectivity index (χ1n) is 5.16. The van der Waals surface area contributed by atoms with Crippen LogP contribution in [0.1, 0.15) is 17.5 Å². The van der Waals surface area contributed by atoms with E-state index in [1.54, 1.807) is 0 Å². The Bertz CT molecular complexity index is 521. The summed E-state index contributed by atoms with van der Waals surface area (Å²) in [7, 11) is 0. The van der Waals surface area contributed by atoms with Gasteiger partial charge in [-0.2, -0.15) is 13.2 Å². The third kappa shape index (κ3) is 2.69. The maximum Gasteiger partial charge on any atom is 0.416 e. The zero-order chi connectivity index (χ0) is 13.3. The Morgan fingerprint density at radius 2 is 2.11 bits per heavy atom. The number of alkyl halides is 3. The standard InChI is InChI=1S/C12H9F3O2S/c13-12(14,15)8-1-2-9-7(5-11(16)17)3-4-18-10(9)6-8/h1-2,5-6H,3-4H2,(H,16,17)/b7-5+. The van der Waals surface area contributed by atoms with Gasteiger partial charge in [-0.15, -0.1) is 11.8 Å². The maximum absolute atomic E-state index is 12.5. The number of carbonyl (C=O) groups is 1. The van der Waals surface area contributed by atoms with Gasteiger partial charge in [-0.3, -0.25) is 0 Å².